The van der Waals surface area contributed by atoms with E-state index < -0.39 is 5.97 Å². The summed E-state index contributed by atoms with van der Waals surface area (Å²) in [6.07, 6.45) is 36.8. The molecule has 1 N–H and O–H groups in total. The Morgan fingerprint density at radius 2 is 0.750 bits per heavy atom. The zero-order chi connectivity index (χ0) is 30.0. The molecule has 0 spiro atoms. The molecule has 0 aromatic carbocycles. The van der Waals surface area contributed by atoms with Crippen molar-refractivity contribution < 1.29 is 19.5 Å². The number of hydrogen-bond acceptors (Lipinski definition) is 3. The molecule has 242 valence electrons. The average Bonchev–Trinajstić information content (AvgIpc) is 2.91. The van der Waals surface area contributed by atoms with E-state index in [0.29, 0.717) is 6.61 Å². The summed E-state index contributed by atoms with van der Waals surface area (Å²) < 4.78 is 0.967. The predicted molar refractivity (Wildman–Crippen MR) is 175 cm³/mol. The molecule has 4 heteroatoms. The van der Waals surface area contributed by atoms with E-state index in [1.54, 1.807) is 0 Å². The van der Waals surface area contributed by atoms with Gasteiger partial charge in [-0.1, -0.05) is 168 Å². The molecule has 4 nitrogen and oxygen atoms in total. The van der Waals surface area contributed by atoms with Crippen LogP contribution in [0.25, 0.3) is 0 Å². The fourth-order valence-electron chi connectivity index (χ4n) is 5.40. The van der Waals surface area contributed by atoms with Crippen LogP contribution in [0.4, 0.5) is 0 Å². The molecular formula is C36H75NO3. The highest BCUT2D eigenvalue weighted by molar-refractivity contribution is 5.64. The molecule has 0 fully saturated rings. The summed E-state index contributed by atoms with van der Waals surface area (Å²) >= 11 is 0. The van der Waals surface area contributed by atoms with Gasteiger partial charge < -0.3 is 19.5 Å². The normalized spacial score (nSPS) is 11.4. The Balaban J connectivity index is 0. The van der Waals surface area contributed by atoms with Gasteiger partial charge in [-0.25, -0.2) is 0 Å². The second kappa shape index (κ2) is 34.6. The summed E-state index contributed by atoms with van der Waals surface area (Å²) in [7, 11) is 4.43. The molecule has 0 radical (unpaired) electrons. The lowest BCUT2D eigenvalue weighted by atomic mass is 10.0. The lowest BCUT2D eigenvalue weighted by molar-refractivity contribution is -0.890. The Labute approximate surface area is 252 Å². The molecule has 0 aromatic heterocycles. The van der Waals surface area contributed by atoms with Crippen LogP contribution >= 0.6 is 0 Å². The molecule has 0 atom stereocenters. The third-order valence-electron chi connectivity index (χ3n) is 8.31. The third kappa shape index (κ3) is 39.5. The van der Waals surface area contributed by atoms with E-state index in [1.807, 2.05) is 0 Å². The number of carbonyl (C=O) groups is 1. The van der Waals surface area contributed by atoms with Gasteiger partial charge in [-0.3, -0.25) is 0 Å². The number of nitrogens with zero attached hydrogens (tertiary/aromatic N) is 1. The van der Waals surface area contributed by atoms with Gasteiger partial charge in [0.2, 0.25) is 0 Å². The second-order valence-electron chi connectivity index (χ2n) is 13.1. The van der Waals surface area contributed by atoms with Crippen LogP contribution in [0.1, 0.15) is 194 Å². The van der Waals surface area contributed by atoms with Gasteiger partial charge in [0, 0.05) is 5.97 Å². The van der Waals surface area contributed by atoms with E-state index in [4.69, 9.17) is 5.11 Å². The molecule has 0 heterocycles. The zero-order valence-corrected chi connectivity index (χ0v) is 28.1. The summed E-state index contributed by atoms with van der Waals surface area (Å²) in [6.45, 7) is 6.95. The van der Waals surface area contributed by atoms with Crippen LogP contribution in [-0.2, 0) is 4.79 Å². The highest BCUT2D eigenvalue weighted by Crippen LogP contribution is 2.14. The van der Waals surface area contributed by atoms with E-state index in [2.05, 4.69) is 27.9 Å². The number of aliphatic hydroxyl groups is 1. The Kier molecular flexibility index (Phi) is 35.9. The number of aliphatic hydroxyl groups excluding tert-OH is 1. The fourth-order valence-corrected chi connectivity index (χ4v) is 5.40. The Hall–Kier alpha value is -0.610. The van der Waals surface area contributed by atoms with E-state index in [9.17, 15) is 9.90 Å². The number of unbranched alkanes of at least 4 members (excludes halogenated alkanes) is 25. The highest BCUT2D eigenvalue weighted by atomic mass is 16.4. The fraction of sp³-hybridized carbons (Fsp3) is 0.972. The summed E-state index contributed by atoms with van der Waals surface area (Å²) in [5.41, 5.74) is 0. The molecule has 0 bridgehead atoms. The molecule has 0 saturated carbocycles. The molecule has 0 unspecified atom stereocenters. The number of quaternary nitrogens is 1. The number of aliphatic carboxylic acids is 1. The van der Waals surface area contributed by atoms with Gasteiger partial charge in [-0.2, -0.15) is 0 Å². The average molecular weight is 570 g/mol. The number of rotatable bonds is 31. The van der Waals surface area contributed by atoms with Crippen LogP contribution in [-0.4, -0.2) is 49.4 Å². The number of carboxylic acids is 1. The predicted octanol–water partition coefficient (Wildman–Crippen LogP) is 9.75. The number of carboxylic acid groups (broad SMARTS) is 1. The molecule has 0 aliphatic rings. The molecule has 0 rings (SSSR count). The van der Waals surface area contributed by atoms with Crippen LogP contribution < -0.4 is 5.11 Å². The van der Waals surface area contributed by atoms with Crippen LogP contribution in [0, 0.1) is 0 Å². The maximum absolute atomic E-state index is 10.2. The molecule has 0 saturated heterocycles. The van der Waals surface area contributed by atoms with Crippen molar-refractivity contribution in [1.82, 2.24) is 0 Å². The molecule has 0 amide bonds. The van der Waals surface area contributed by atoms with Crippen molar-refractivity contribution in [3.8, 4) is 0 Å². The van der Waals surface area contributed by atoms with Crippen molar-refractivity contribution in [2.24, 2.45) is 0 Å². The monoisotopic (exact) mass is 570 g/mol. The van der Waals surface area contributed by atoms with E-state index in [-0.39, 0.29) is 6.42 Å². The Bertz CT molecular complexity index is 481. The van der Waals surface area contributed by atoms with Crippen molar-refractivity contribution in [1.29, 1.82) is 0 Å². The smallest absolute Gasteiger partial charge is 0.102 e. The van der Waals surface area contributed by atoms with Gasteiger partial charge in [0.05, 0.1) is 27.2 Å². The summed E-state index contributed by atoms with van der Waals surface area (Å²) in [5.74, 6) is -0.903. The van der Waals surface area contributed by atoms with Crippen molar-refractivity contribution in [2.45, 2.75) is 194 Å². The molecule has 0 aromatic rings. The van der Waals surface area contributed by atoms with Crippen LogP contribution in [0.5, 0.6) is 0 Å². The lowest BCUT2D eigenvalue weighted by Gasteiger charge is -2.28. The zero-order valence-electron chi connectivity index (χ0n) is 28.1. The van der Waals surface area contributed by atoms with Gasteiger partial charge in [0.25, 0.3) is 0 Å². The van der Waals surface area contributed by atoms with Crippen LogP contribution in [0.15, 0.2) is 0 Å². The molecular weight excluding hydrogens is 494 g/mol. The molecule has 0 aliphatic heterocycles. The van der Waals surface area contributed by atoms with Gasteiger partial charge in [0.1, 0.15) is 6.54 Å². The molecule has 0 aliphatic carbocycles. The maximum Gasteiger partial charge on any atom is 0.102 e. The minimum atomic E-state index is -0.903. The maximum atomic E-state index is 10.2. The number of hydrogen-bond donors (Lipinski definition) is 1. The SMILES string of the molecule is CCCCCCCCCCCCCCCCCC(=O)[O-].CCCCCCCCCCCCCC[N+](C)(C)CCO. The lowest BCUT2D eigenvalue weighted by Crippen LogP contribution is -2.42. The van der Waals surface area contributed by atoms with Gasteiger partial charge in [-0.15, -0.1) is 0 Å². The second-order valence-corrected chi connectivity index (χ2v) is 13.1. The van der Waals surface area contributed by atoms with Gasteiger partial charge in [-0.05, 0) is 25.7 Å². The first-order chi connectivity index (χ1) is 19.4. The first kappa shape index (κ1) is 41.5. The standard InChI is InChI=1S/C18H40NO.C18H36O2/c1-4-5-6-7-8-9-10-11-12-13-14-15-16-19(2,3)17-18-20;1-2-3-4-5-6-7-8-9-10-11-12-13-14-15-16-17-18(19)20/h20H,4-18H2,1-3H3;2-17H2,1H3,(H,19,20)/q+1;/p-1. The minimum Gasteiger partial charge on any atom is -0.550 e. The Morgan fingerprint density at radius 3 is 1.02 bits per heavy atom. The number of likely N-dealkylation sites (N-methyl/N-ethyl adjacent to an activating group) is 1. The van der Waals surface area contributed by atoms with Gasteiger partial charge in [0.15, 0.2) is 0 Å². The highest BCUT2D eigenvalue weighted by Gasteiger charge is 2.12. The van der Waals surface area contributed by atoms with Crippen molar-refractivity contribution >= 4 is 5.97 Å². The van der Waals surface area contributed by atoms with Crippen molar-refractivity contribution in [2.75, 3.05) is 33.8 Å². The summed E-state index contributed by atoms with van der Waals surface area (Å²) in [5, 5.41) is 19.2. The van der Waals surface area contributed by atoms with E-state index in [1.165, 1.54) is 167 Å². The van der Waals surface area contributed by atoms with Crippen molar-refractivity contribution in [3.63, 3.8) is 0 Å². The van der Waals surface area contributed by atoms with Crippen molar-refractivity contribution in [3.05, 3.63) is 0 Å². The van der Waals surface area contributed by atoms with Crippen LogP contribution in [0.2, 0.25) is 0 Å². The first-order valence-electron chi connectivity index (χ1n) is 18.0. The molecule has 40 heavy (non-hydrogen) atoms. The number of carbonyl (C=O) groups excluding carboxylic acids is 1. The first-order valence-corrected chi connectivity index (χ1v) is 18.0. The van der Waals surface area contributed by atoms with Crippen LogP contribution in [0.3, 0.4) is 0 Å². The third-order valence-corrected chi connectivity index (χ3v) is 8.31. The minimum absolute atomic E-state index is 0.234. The summed E-state index contributed by atoms with van der Waals surface area (Å²) in [6, 6.07) is 0. The Morgan fingerprint density at radius 1 is 0.475 bits per heavy atom. The summed E-state index contributed by atoms with van der Waals surface area (Å²) in [4.78, 5) is 10.2. The van der Waals surface area contributed by atoms with Gasteiger partial charge >= 0.3 is 0 Å². The quantitative estimate of drug-likeness (QED) is 0.0667. The van der Waals surface area contributed by atoms with E-state index in [0.717, 1.165) is 23.9 Å². The van der Waals surface area contributed by atoms with E-state index >= 15 is 0 Å². The largest absolute Gasteiger partial charge is 0.550 e. The topological polar surface area (TPSA) is 60.4 Å².